The highest BCUT2D eigenvalue weighted by Gasteiger charge is 2.19. The van der Waals surface area contributed by atoms with Crippen molar-refractivity contribution in [2.45, 2.75) is 19.5 Å². The number of amides is 2. The summed E-state index contributed by atoms with van der Waals surface area (Å²) in [6.07, 6.45) is -0.210. The van der Waals surface area contributed by atoms with E-state index in [2.05, 4.69) is 5.32 Å². The Morgan fingerprint density at radius 1 is 0.828 bits per heavy atom. The summed E-state index contributed by atoms with van der Waals surface area (Å²) >= 11 is 0. The molecule has 0 aliphatic heterocycles. The number of para-hydroxylation sites is 1. The van der Waals surface area contributed by atoms with E-state index in [1.54, 1.807) is 12.0 Å². The van der Waals surface area contributed by atoms with Crippen LogP contribution in [0.25, 0.3) is 0 Å². The van der Waals surface area contributed by atoms with E-state index in [9.17, 15) is 9.59 Å². The van der Waals surface area contributed by atoms with Crippen molar-refractivity contribution >= 4 is 17.5 Å². The van der Waals surface area contributed by atoms with Gasteiger partial charge in [0.2, 0.25) is 11.8 Å². The lowest BCUT2D eigenvalue weighted by Gasteiger charge is -2.23. The van der Waals surface area contributed by atoms with Gasteiger partial charge in [-0.1, -0.05) is 60.7 Å². The molecule has 0 radical (unpaired) electrons. The molecule has 5 nitrogen and oxygen atoms in total. The van der Waals surface area contributed by atoms with Gasteiger partial charge in [0.15, 0.2) is 0 Å². The molecule has 0 aromatic heterocycles. The maximum atomic E-state index is 12.9. The minimum absolute atomic E-state index is 0.210. The predicted octanol–water partition coefficient (Wildman–Crippen LogP) is 3.93. The summed E-state index contributed by atoms with van der Waals surface area (Å²) in [5, 5.41) is 2.81. The van der Waals surface area contributed by atoms with Crippen LogP contribution in [-0.4, -0.2) is 18.9 Å². The van der Waals surface area contributed by atoms with E-state index in [0.29, 0.717) is 13.1 Å². The fraction of sp³-hybridized carbons (Fsp3) is 0.167. The molecule has 0 spiro atoms. The van der Waals surface area contributed by atoms with E-state index in [0.717, 1.165) is 22.6 Å². The number of rotatable bonds is 8. The van der Waals surface area contributed by atoms with Crippen molar-refractivity contribution < 1.29 is 14.3 Å². The molecule has 1 N–H and O–H groups in total. The molecule has 5 heteroatoms. The van der Waals surface area contributed by atoms with Crippen LogP contribution in [0.2, 0.25) is 0 Å². The maximum absolute atomic E-state index is 12.9. The quantitative estimate of drug-likeness (QED) is 0.595. The Hall–Kier alpha value is -3.60. The summed E-state index contributed by atoms with van der Waals surface area (Å²) < 4.78 is 5.13. The van der Waals surface area contributed by atoms with E-state index in [-0.39, 0.29) is 18.2 Å². The summed E-state index contributed by atoms with van der Waals surface area (Å²) in [6.45, 7) is 0.773. The molecule has 0 aliphatic carbocycles. The molecule has 0 unspecified atom stereocenters. The third kappa shape index (κ3) is 5.94. The van der Waals surface area contributed by atoms with E-state index in [1.807, 2.05) is 84.9 Å². The number of carbonyl (C=O) groups is 2. The number of benzene rings is 3. The predicted molar refractivity (Wildman–Crippen MR) is 114 cm³/mol. The monoisotopic (exact) mass is 388 g/mol. The topological polar surface area (TPSA) is 58.6 Å². The molecule has 3 rings (SSSR count). The van der Waals surface area contributed by atoms with Gasteiger partial charge in [-0.15, -0.1) is 0 Å². The molecule has 0 heterocycles. The van der Waals surface area contributed by atoms with Crippen molar-refractivity contribution in [3.63, 3.8) is 0 Å². The Bertz CT molecular complexity index is 925. The average Bonchev–Trinajstić information content (AvgIpc) is 2.77. The van der Waals surface area contributed by atoms with Crippen LogP contribution in [0.5, 0.6) is 5.75 Å². The van der Waals surface area contributed by atoms with Crippen molar-refractivity contribution in [2.24, 2.45) is 0 Å². The second-order valence-corrected chi connectivity index (χ2v) is 6.60. The number of hydrogen-bond donors (Lipinski definition) is 1. The smallest absolute Gasteiger partial charge is 0.236 e. The van der Waals surface area contributed by atoms with Crippen molar-refractivity contribution in [1.29, 1.82) is 0 Å². The van der Waals surface area contributed by atoms with E-state index in [4.69, 9.17) is 4.74 Å². The van der Waals surface area contributed by atoms with Crippen LogP contribution in [0.15, 0.2) is 84.9 Å². The first kappa shape index (κ1) is 20.1. The van der Waals surface area contributed by atoms with Crippen molar-refractivity contribution in [3.05, 3.63) is 96.1 Å². The van der Waals surface area contributed by atoms with Crippen LogP contribution in [0, 0.1) is 0 Å². The number of nitrogens with one attached hydrogen (secondary N) is 1. The van der Waals surface area contributed by atoms with Gasteiger partial charge in [-0.3, -0.25) is 9.59 Å². The normalized spacial score (nSPS) is 10.2. The minimum atomic E-state index is -0.306. The zero-order chi connectivity index (χ0) is 20.5. The first-order valence-electron chi connectivity index (χ1n) is 9.44. The molecule has 0 saturated carbocycles. The molecule has 3 aromatic carbocycles. The summed E-state index contributed by atoms with van der Waals surface area (Å²) in [5.41, 5.74) is 2.71. The number of methoxy groups -OCH3 is 1. The highest BCUT2D eigenvalue weighted by molar-refractivity contribution is 6.04. The Labute approximate surface area is 170 Å². The van der Waals surface area contributed by atoms with Gasteiger partial charge in [0.05, 0.1) is 13.7 Å². The fourth-order valence-electron chi connectivity index (χ4n) is 2.94. The molecular formula is C24H24N2O3. The number of anilines is 1. The molecule has 0 saturated heterocycles. The molecule has 0 fully saturated rings. The van der Waals surface area contributed by atoms with Gasteiger partial charge in [-0.05, 0) is 35.4 Å². The zero-order valence-corrected chi connectivity index (χ0v) is 16.4. The highest BCUT2D eigenvalue weighted by atomic mass is 16.5. The number of nitrogens with zero attached hydrogens (tertiary/aromatic N) is 1. The van der Waals surface area contributed by atoms with E-state index < -0.39 is 0 Å². The lowest BCUT2D eigenvalue weighted by atomic mass is 10.1. The van der Waals surface area contributed by atoms with Gasteiger partial charge in [0, 0.05) is 12.2 Å². The Morgan fingerprint density at radius 3 is 2.07 bits per heavy atom. The molecule has 0 atom stereocenters. The van der Waals surface area contributed by atoms with Crippen LogP contribution >= 0.6 is 0 Å². The van der Waals surface area contributed by atoms with Gasteiger partial charge in [0.25, 0.3) is 0 Å². The number of ether oxygens (including phenoxy) is 1. The molecule has 2 amide bonds. The number of carbonyl (C=O) groups excluding carboxylic acids is 2. The third-order valence-electron chi connectivity index (χ3n) is 4.51. The van der Waals surface area contributed by atoms with E-state index >= 15 is 0 Å². The van der Waals surface area contributed by atoms with Crippen LogP contribution in [0.1, 0.15) is 17.5 Å². The summed E-state index contributed by atoms with van der Waals surface area (Å²) in [6, 6.07) is 26.6. The highest BCUT2D eigenvalue weighted by Crippen LogP contribution is 2.18. The van der Waals surface area contributed by atoms with Crippen LogP contribution in [-0.2, 0) is 22.7 Å². The first-order valence-corrected chi connectivity index (χ1v) is 9.44. The molecule has 29 heavy (non-hydrogen) atoms. The van der Waals surface area contributed by atoms with Crippen LogP contribution in [0.4, 0.5) is 5.69 Å². The first-order chi connectivity index (χ1) is 14.2. The van der Waals surface area contributed by atoms with Crippen molar-refractivity contribution in [2.75, 3.05) is 12.0 Å². The van der Waals surface area contributed by atoms with Crippen LogP contribution < -0.4 is 15.0 Å². The average molecular weight is 388 g/mol. The van der Waals surface area contributed by atoms with Gasteiger partial charge in [-0.25, -0.2) is 0 Å². The Morgan fingerprint density at radius 2 is 1.45 bits per heavy atom. The molecule has 0 bridgehead atoms. The van der Waals surface area contributed by atoms with Gasteiger partial charge in [-0.2, -0.15) is 0 Å². The summed E-state index contributed by atoms with van der Waals surface area (Å²) in [7, 11) is 1.61. The molecular weight excluding hydrogens is 364 g/mol. The zero-order valence-electron chi connectivity index (χ0n) is 16.4. The second kappa shape index (κ2) is 10.1. The summed E-state index contributed by atoms with van der Waals surface area (Å²) in [5.74, 6) is 0.210. The molecule has 0 aliphatic rings. The maximum Gasteiger partial charge on any atom is 0.236 e. The fourth-order valence-corrected chi connectivity index (χ4v) is 2.94. The Balaban J connectivity index is 1.63. The summed E-state index contributed by atoms with van der Waals surface area (Å²) in [4.78, 5) is 26.9. The molecule has 148 valence electrons. The second-order valence-electron chi connectivity index (χ2n) is 6.60. The lowest BCUT2D eigenvalue weighted by molar-refractivity contribution is -0.128. The largest absolute Gasteiger partial charge is 0.497 e. The lowest BCUT2D eigenvalue weighted by Crippen LogP contribution is -2.35. The molecule has 3 aromatic rings. The number of hydrogen-bond acceptors (Lipinski definition) is 3. The third-order valence-corrected chi connectivity index (χ3v) is 4.51. The van der Waals surface area contributed by atoms with Gasteiger partial charge >= 0.3 is 0 Å². The van der Waals surface area contributed by atoms with Gasteiger partial charge < -0.3 is 15.0 Å². The van der Waals surface area contributed by atoms with Gasteiger partial charge in [0.1, 0.15) is 12.2 Å². The van der Waals surface area contributed by atoms with Crippen LogP contribution in [0.3, 0.4) is 0 Å². The van der Waals surface area contributed by atoms with Crippen molar-refractivity contribution in [3.8, 4) is 5.75 Å². The Kier molecular flexibility index (Phi) is 7.00. The van der Waals surface area contributed by atoms with E-state index in [1.165, 1.54) is 0 Å². The minimum Gasteiger partial charge on any atom is -0.497 e. The SMILES string of the molecule is COc1ccc(CNC(=O)CC(=O)N(Cc2ccccc2)c2ccccc2)cc1. The van der Waals surface area contributed by atoms with Crippen molar-refractivity contribution in [1.82, 2.24) is 5.32 Å². The standard InChI is InChI=1S/C24H24N2O3/c1-29-22-14-12-19(13-15-22)17-25-23(27)16-24(28)26(21-10-6-3-7-11-21)18-20-8-4-2-5-9-20/h2-15H,16-18H2,1H3,(H,25,27).